The van der Waals surface area contributed by atoms with E-state index in [-0.39, 0.29) is 18.5 Å². The number of carboxylic acids is 1. The fraction of sp³-hybridized carbons (Fsp3) is 0.450. The van der Waals surface area contributed by atoms with Gasteiger partial charge in [-0.25, -0.2) is 0 Å². The van der Waals surface area contributed by atoms with E-state index in [2.05, 4.69) is 5.10 Å². The van der Waals surface area contributed by atoms with Crippen LogP contribution in [0, 0.1) is 19.8 Å². The molecule has 6 nitrogen and oxygen atoms in total. The van der Waals surface area contributed by atoms with Crippen LogP contribution in [0.25, 0.3) is 0 Å². The smallest absolute Gasteiger partial charge is 0.308 e. The van der Waals surface area contributed by atoms with E-state index in [1.807, 2.05) is 49.7 Å². The molecule has 0 aliphatic carbocycles. The van der Waals surface area contributed by atoms with Crippen molar-refractivity contribution in [2.45, 2.75) is 46.2 Å². The highest BCUT2D eigenvalue weighted by Gasteiger charge is 2.32. The number of piperidine rings is 1. The Hall–Kier alpha value is -2.63. The molecular formula is C20H25N3O3. The number of carbonyl (C=O) groups is 2. The van der Waals surface area contributed by atoms with Gasteiger partial charge in [-0.1, -0.05) is 12.1 Å². The van der Waals surface area contributed by atoms with Crippen LogP contribution >= 0.6 is 0 Å². The number of aryl methyl sites for hydroxylation is 2. The lowest BCUT2D eigenvalue weighted by Crippen LogP contribution is -2.47. The van der Waals surface area contributed by atoms with Gasteiger partial charge in [0.15, 0.2) is 0 Å². The van der Waals surface area contributed by atoms with Gasteiger partial charge in [-0.2, -0.15) is 5.10 Å². The Balaban J connectivity index is 1.79. The summed E-state index contributed by atoms with van der Waals surface area (Å²) in [6, 6.07) is 9.61. The number of nitrogens with zero attached hydrogens (tertiary/aromatic N) is 3. The molecule has 2 unspecified atom stereocenters. The van der Waals surface area contributed by atoms with E-state index in [0.29, 0.717) is 24.9 Å². The fourth-order valence-corrected chi connectivity index (χ4v) is 3.57. The summed E-state index contributed by atoms with van der Waals surface area (Å²) in [4.78, 5) is 26.0. The van der Waals surface area contributed by atoms with Gasteiger partial charge in [0.05, 0.1) is 18.2 Å². The number of likely N-dealkylation sites (tertiary alicyclic amines) is 1. The number of aromatic nitrogens is 2. The standard InChI is InChI=1S/C20H25N3O3/c1-13-9-15(3)23(21-13)11-16-5-4-6-17(10-16)19(24)22-12-18(20(25)26)8-7-14(22)2/h4-6,9-10,14,18H,7-8,11-12H2,1-3H3,(H,25,26). The molecule has 2 heterocycles. The molecule has 26 heavy (non-hydrogen) atoms. The van der Waals surface area contributed by atoms with E-state index in [9.17, 15) is 14.7 Å². The highest BCUT2D eigenvalue weighted by molar-refractivity contribution is 5.95. The summed E-state index contributed by atoms with van der Waals surface area (Å²) in [5.41, 5.74) is 3.65. The van der Waals surface area contributed by atoms with E-state index in [4.69, 9.17) is 0 Å². The molecule has 138 valence electrons. The highest BCUT2D eigenvalue weighted by Crippen LogP contribution is 2.24. The van der Waals surface area contributed by atoms with Crippen molar-refractivity contribution >= 4 is 11.9 Å². The third-order valence-corrected chi connectivity index (χ3v) is 5.10. The van der Waals surface area contributed by atoms with Gasteiger partial charge in [0.1, 0.15) is 0 Å². The van der Waals surface area contributed by atoms with Crippen molar-refractivity contribution in [3.05, 3.63) is 52.8 Å². The summed E-state index contributed by atoms with van der Waals surface area (Å²) in [7, 11) is 0. The van der Waals surface area contributed by atoms with E-state index in [0.717, 1.165) is 17.0 Å². The van der Waals surface area contributed by atoms with E-state index in [1.165, 1.54) is 0 Å². The first-order valence-electron chi connectivity index (χ1n) is 8.99. The highest BCUT2D eigenvalue weighted by atomic mass is 16.4. The van der Waals surface area contributed by atoms with Crippen molar-refractivity contribution in [2.24, 2.45) is 5.92 Å². The van der Waals surface area contributed by atoms with Crippen molar-refractivity contribution in [1.82, 2.24) is 14.7 Å². The second-order valence-corrected chi connectivity index (χ2v) is 7.20. The number of carbonyl (C=O) groups excluding carboxylic acids is 1. The van der Waals surface area contributed by atoms with Gasteiger partial charge in [0, 0.05) is 23.8 Å². The lowest BCUT2D eigenvalue weighted by Gasteiger charge is -2.36. The van der Waals surface area contributed by atoms with Gasteiger partial charge < -0.3 is 10.0 Å². The van der Waals surface area contributed by atoms with E-state index >= 15 is 0 Å². The molecule has 1 saturated heterocycles. The van der Waals surface area contributed by atoms with Crippen LogP contribution in [-0.4, -0.2) is 44.3 Å². The second-order valence-electron chi connectivity index (χ2n) is 7.20. The van der Waals surface area contributed by atoms with Gasteiger partial charge >= 0.3 is 5.97 Å². The molecule has 0 radical (unpaired) electrons. The molecular weight excluding hydrogens is 330 g/mol. The number of aliphatic carboxylic acids is 1. The summed E-state index contributed by atoms with van der Waals surface area (Å²) in [6.07, 6.45) is 1.34. The molecule has 3 rings (SSSR count). The average molecular weight is 355 g/mol. The Labute approximate surface area is 153 Å². The SMILES string of the molecule is Cc1cc(C)n(Cc2cccc(C(=O)N3CC(C(=O)O)CCC3C)c2)n1. The molecule has 1 aliphatic rings. The van der Waals surface area contributed by atoms with Crippen LogP contribution in [0.15, 0.2) is 30.3 Å². The van der Waals surface area contributed by atoms with Crippen LogP contribution in [0.4, 0.5) is 0 Å². The van der Waals surface area contributed by atoms with Crippen LogP contribution in [0.3, 0.4) is 0 Å². The molecule has 1 aliphatic heterocycles. The topological polar surface area (TPSA) is 75.4 Å². The van der Waals surface area contributed by atoms with Gasteiger partial charge in [-0.15, -0.1) is 0 Å². The van der Waals surface area contributed by atoms with Crippen LogP contribution in [0.1, 0.15) is 47.1 Å². The predicted molar refractivity (Wildman–Crippen MR) is 98.1 cm³/mol. The van der Waals surface area contributed by atoms with Gasteiger partial charge in [-0.3, -0.25) is 14.3 Å². The normalized spacial score (nSPS) is 20.2. The van der Waals surface area contributed by atoms with Gasteiger partial charge in [0.2, 0.25) is 0 Å². The van der Waals surface area contributed by atoms with Crippen molar-refractivity contribution in [1.29, 1.82) is 0 Å². The lowest BCUT2D eigenvalue weighted by molar-refractivity contribution is -0.143. The van der Waals surface area contributed by atoms with E-state index < -0.39 is 11.9 Å². The Bertz CT molecular complexity index is 827. The molecule has 0 saturated carbocycles. The molecule has 6 heteroatoms. The summed E-state index contributed by atoms with van der Waals surface area (Å²) in [6.45, 7) is 6.83. The van der Waals surface area contributed by atoms with E-state index in [1.54, 1.807) is 11.0 Å². The molecule has 0 spiro atoms. The zero-order chi connectivity index (χ0) is 18.8. The lowest BCUT2D eigenvalue weighted by atomic mass is 9.93. The molecule has 1 fully saturated rings. The second kappa shape index (κ2) is 7.32. The molecule has 1 amide bonds. The minimum atomic E-state index is -0.826. The van der Waals surface area contributed by atoms with Crippen LogP contribution in [0.5, 0.6) is 0 Å². The Morgan fingerprint density at radius 2 is 2.00 bits per heavy atom. The summed E-state index contributed by atoms with van der Waals surface area (Å²) in [5, 5.41) is 13.8. The van der Waals surface area contributed by atoms with Crippen molar-refractivity contribution in [2.75, 3.05) is 6.54 Å². The van der Waals surface area contributed by atoms with Gasteiger partial charge in [0.25, 0.3) is 5.91 Å². The number of benzene rings is 1. The van der Waals surface area contributed by atoms with Gasteiger partial charge in [-0.05, 0) is 57.4 Å². The summed E-state index contributed by atoms with van der Waals surface area (Å²) in [5.74, 6) is -1.40. The minimum absolute atomic E-state index is 0.0535. The number of hydrogen-bond donors (Lipinski definition) is 1. The molecule has 1 N–H and O–H groups in total. The van der Waals surface area contributed by atoms with Crippen LogP contribution in [-0.2, 0) is 11.3 Å². The molecule has 2 atom stereocenters. The monoisotopic (exact) mass is 355 g/mol. The third kappa shape index (κ3) is 3.79. The fourth-order valence-electron chi connectivity index (χ4n) is 3.57. The van der Waals surface area contributed by atoms with Crippen molar-refractivity contribution in [3.63, 3.8) is 0 Å². The first-order valence-corrected chi connectivity index (χ1v) is 8.99. The zero-order valence-electron chi connectivity index (χ0n) is 15.5. The Morgan fingerprint density at radius 3 is 2.65 bits per heavy atom. The first kappa shape index (κ1) is 18.2. The number of rotatable bonds is 4. The van der Waals surface area contributed by atoms with Crippen LogP contribution < -0.4 is 0 Å². The first-order chi connectivity index (χ1) is 12.3. The van der Waals surface area contributed by atoms with Crippen molar-refractivity contribution in [3.8, 4) is 0 Å². The number of carboxylic acid groups (broad SMARTS) is 1. The largest absolute Gasteiger partial charge is 0.481 e. The molecule has 1 aromatic heterocycles. The maximum Gasteiger partial charge on any atom is 0.308 e. The molecule has 0 bridgehead atoms. The van der Waals surface area contributed by atoms with Crippen molar-refractivity contribution < 1.29 is 14.7 Å². The van der Waals surface area contributed by atoms with Crippen LogP contribution in [0.2, 0.25) is 0 Å². The maximum atomic E-state index is 13.0. The summed E-state index contributed by atoms with van der Waals surface area (Å²) >= 11 is 0. The molecule has 2 aromatic rings. The number of amides is 1. The average Bonchev–Trinajstić information content (AvgIpc) is 2.92. The minimum Gasteiger partial charge on any atom is -0.481 e. The Morgan fingerprint density at radius 1 is 1.23 bits per heavy atom. The predicted octanol–water partition coefficient (Wildman–Crippen LogP) is 2.87. The Kier molecular flexibility index (Phi) is 5.11. The zero-order valence-corrected chi connectivity index (χ0v) is 15.5. The summed E-state index contributed by atoms with van der Waals surface area (Å²) < 4.78 is 1.92. The molecule has 1 aromatic carbocycles. The quantitative estimate of drug-likeness (QED) is 0.915. The maximum absolute atomic E-state index is 13.0. The third-order valence-electron chi connectivity index (χ3n) is 5.10. The number of hydrogen-bond acceptors (Lipinski definition) is 3.